The van der Waals surface area contributed by atoms with Crippen molar-refractivity contribution in [2.45, 2.75) is 0 Å². The van der Waals surface area contributed by atoms with Gasteiger partial charge in [0, 0.05) is 11.6 Å². The van der Waals surface area contributed by atoms with Gasteiger partial charge in [0.15, 0.2) is 0 Å². The van der Waals surface area contributed by atoms with Gasteiger partial charge in [0.05, 0.1) is 0 Å². The summed E-state index contributed by atoms with van der Waals surface area (Å²) >= 11 is 0. The Bertz CT molecular complexity index is 583. The molecule has 0 aliphatic rings. The summed E-state index contributed by atoms with van der Waals surface area (Å²) in [6.45, 7) is -0.527. The van der Waals surface area contributed by atoms with E-state index in [0.717, 1.165) is 0 Å². The molecule has 4 nitrogen and oxygen atoms in total. The topological polar surface area (TPSA) is 80.9 Å². The van der Waals surface area contributed by atoms with Crippen LogP contribution in [-0.2, 0) is 0 Å². The normalized spacial score (nSPS) is 12.1. The molecule has 0 bridgehead atoms. The molecule has 0 fully saturated rings. The lowest BCUT2D eigenvalue weighted by atomic mass is 9.96. The van der Waals surface area contributed by atoms with Crippen molar-refractivity contribution in [3.05, 3.63) is 65.4 Å². The third-order valence-electron chi connectivity index (χ3n) is 2.69. The molecular weight excluding hydrogens is 244 g/mol. The lowest BCUT2D eigenvalue weighted by Gasteiger charge is -2.11. The van der Waals surface area contributed by atoms with Crippen molar-refractivity contribution in [3.63, 3.8) is 0 Å². The van der Waals surface area contributed by atoms with E-state index in [1.165, 1.54) is 18.2 Å². The van der Waals surface area contributed by atoms with Crippen LogP contribution in [0.2, 0.25) is 0 Å². The Morgan fingerprint density at radius 3 is 1.95 bits per heavy atom. The summed E-state index contributed by atoms with van der Waals surface area (Å²) < 4.78 is 0. The summed E-state index contributed by atoms with van der Waals surface area (Å²) in [5.41, 5.74) is 1.48. The van der Waals surface area contributed by atoms with E-state index >= 15 is 0 Å². The molecule has 0 saturated heterocycles. The molecule has 0 saturated carbocycles. The Hall–Kier alpha value is -2.46. The Kier molecular flexibility index (Phi) is 3.73. The fourth-order valence-corrected chi connectivity index (χ4v) is 1.92. The molecule has 0 aliphatic heterocycles. The Balaban J connectivity index is 2.63. The lowest BCUT2D eigenvalue weighted by Crippen LogP contribution is -1.98. The largest absolute Gasteiger partial charge is 0.509 e. The number of hydrogen-bond donors (Lipinski definition) is 4. The van der Waals surface area contributed by atoms with Gasteiger partial charge in [-0.15, -0.1) is 0 Å². The molecule has 98 valence electrons. The van der Waals surface area contributed by atoms with Gasteiger partial charge >= 0.3 is 0 Å². The van der Waals surface area contributed by atoms with Crippen LogP contribution in [0, 0.1) is 0 Å². The summed E-state index contributed by atoms with van der Waals surface area (Å²) in [5.74, 6) is -0.459. The Morgan fingerprint density at radius 2 is 1.42 bits per heavy atom. The van der Waals surface area contributed by atoms with Gasteiger partial charge in [-0.2, -0.15) is 0 Å². The van der Waals surface area contributed by atoms with Gasteiger partial charge < -0.3 is 20.4 Å². The predicted octanol–water partition coefficient (Wildman–Crippen LogP) is 2.41. The first kappa shape index (κ1) is 13.0. The fourth-order valence-electron chi connectivity index (χ4n) is 1.92. The molecule has 0 amide bonds. The number of aromatic hydroxyl groups is 2. The molecule has 2 rings (SSSR count). The summed E-state index contributed by atoms with van der Waals surface area (Å²) in [5, 5.41) is 38.0. The maximum atomic E-state index is 9.87. The lowest BCUT2D eigenvalue weighted by molar-refractivity contribution is 0.255. The number of benzene rings is 2. The minimum absolute atomic E-state index is 0.117. The SMILES string of the molecule is OC/C(O)=C(/c1ccccc1)c1cc(O)cc(O)c1. The maximum Gasteiger partial charge on any atom is 0.126 e. The van der Waals surface area contributed by atoms with Crippen LogP contribution < -0.4 is 0 Å². The summed E-state index contributed by atoms with van der Waals surface area (Å²) in [7, 11) is 0. The van der Waals surface area contributed by atoms with E-state index in [-0.39, 0.29) is 17.3 Å². The first-order chi connectivity index (χ1) is 9.11. The summed E-state index contributed by atoms with van der Waals surface area (Å²) in [4.78, 5) is 0. The van der Waals surface area contributed by atoms with E-state index in [1.807, 2.05) is 6.07 Å². The van der Waals surface area contributed by atoms with Crippen LogP contribution in [0.5, 0.6) is 11.5 Å². The highest BCUT2D eigenvalue weighted by molar-refractivity contribution is 5.82. The predicted molar refractivity (Wildman–Crippen MR) is 72.0 cm³/mol. The third-order valence-corrected chi connectivity index (χ3v) is 2.69. The number of rotatable bonds is 3. The standard InChI is InChI=1S/C15H14O4/c16-9-14(19)15(10-4-2-1-3-5-10)11-6-12(17)8-13(18)7-11/h1-8,16-19H,9H2/b15-14+. The van der Waals surface area contributed by atoms with Gasteiger partial charge in [-0.05, 0) is 23.3 Å². The molecular formula is C15H14O4. The van der Waals surface area contributed by atoms with Gasteiger partial charge in [-0.3, -0.25) is 0 Å². The van der Waals surface area contributed by atoms with E-state index < -0.39 is 6.61 Å². The Labute approximate surface area is 110 Å². The quantitative estimate of drug-likeness (QED) is 0.637. The molecule has 4 heteroatoms. The molecule has 0 aromatic heterocycles. The second-order valence-electron chi connectivity index (χ2n) is 4.08. The van der Waals surface area contributed by atoms with Crippen molar-refractivity contribution in [2.75, 3.05) is 6.61 Å². The molecule has 19 heavy (non-hydrogen) atoms. The van der Waals surface area contributed by atoms with Crippen LogP contribution >= 0.6 is 0 Å². The highest BCUT2D eigenvalue weighted by atomic mass is 16.3. The number of aliphatic hydroxyl groups excluding tert-OH is 2. The van der Waals surface area contributed by atoms with E-state index in [1.54, 1.807) is 24.3 Å². The van der Waals surface area contributed by atoms with E-state index in [9.17, 15) is 15.3 Å². The maximum absolute atomic E-state index is 9.87. The van der Waals surface area contributed by atoms with Crippen molar-refractivity contribution >= 4 is 5.57 Å². The second kappa shape index (κ2) is 5.46. The minimum Gasteiger partial charge on any atom is -0.509 e. The van der Waals surface area contributed by atoms with Gasteiger partial charge in [-0.1, -0.05) is 30.3 Å². The number of aliphatic hydroxyl groups is 2. The second-order valence-corrected chi connectivity index (χ2v) is 4.08. The van der Waals surface area contributed by atoms with Crippen LogP contribution in [-0.4, -0.2) is 27.0 Å². The minimum atomic E-state index is -0.527. The molecule has 4 N–H and O–H groups in total. The molecule has 0 unspecified atom stereocenters. The average Bonchev–Trinajstić information content (AvgIpc) is 2.39. The third kappa shape index (κ3) is 2.86. The molecule has 0 heterocycles. The van der Waals surface area contributed by atoms with Crippen LogP contribution in [0.4, 0.5) is 0 Å². The van der Waals surface area contributed by atoms with Gasteiger partial charge in [-0.25, -0.2) is 0 Å². The van der Waals surface area contributed by atoms with Gasteiger partial charge in [0.2, 0.25) is 0 Å². The van der Waals surface area contributed by atoms with Crippen LogP contribution in [0.1, 0.15) is 11.1 Å². The zero-order valence-electron chi connectivity index (χ0n) is 10.1. The first-order valence-corrected chi connectivity index (χ1v) is 5.73. The molecule has 0 atom stereocenters. The number of hydrogen-bond acceptors (Lipinski definition) is 4. The zero-order chi connectivity index (χ0) is 13.8. The molecule has 0 radical (unpaired) electrons. The van der Waals surface area contributed by atoms with Crippen LogP contribution in [0.15, 0.2) is 54.3 Å². The molecule has 2 aromatic carbocycles. The number of phenols is 2. The van der Waals surface area contributed by atoms with E-state index in [2.05, 4.69) is 0 Å². The van der Waals surface area contributed by atoms with Crippen molar-refractivity contribution < 1.29 is 20.4 Å². The molecule has 2 aromatic rings. The smallest absolute Gasteiger partial charge is 0.126 e. The van der Waals surface area contributed by atoms with Crippen molar-refractivity contribution in [3.8, 4) is 11.5 Å². The fraction of sp³-hybridized carbons (Fsp3) is 0.0667. The first-order valence-electron chi connectivity index (χ1n) is 5.73. The van der Waals surface area contributed by atoms with Gasteiger partial charge in [0.1, 0.15) is 23.9 Å². The molecule has 0 spiro atoms. The van der Waals surface area contributed by atoms with E-state index in [0.29, 0.717) is 16.7 Å². The monoisotopic (exact) mass is 258 g/mol. The van der Waals surface area contributed by atoms with Crippen molar-refractivity contribution in [2.24, 2.45) is 0 Å². The summed E-state index contributed by atoms with van der Waals surface area (Å²) in [6.07, 6.45) is 0. The zero-order valence-corrected chi connectivity index (χ0v) is 10.1. The number of phenolic OH excluding ortho intramolecular Hbond substituents is 2. The Morgan fingerprint density at radius 1 is 0.842 bits per heavy atom. The van der Waals surface area contributed by atoms with Gasteiger partial charge in [0.25, 0.3) is 0 Å². The highest BCUT2D eigenvalue weighted by Gasteiger charge is 2.12. The van der Waals surface area contributed by atoms with E-state index in [4.69, 9.17) is 5.11 Å². The van der Waals surface area contributed by atoms with Crippen LogP contribution in [0.3, 0.4) is 0 Å². The summed E-state index contributed by atoms with van der Waals surface area (Å²) in [6, 6.07) is 13.0. The molecule has 0 aliphatic carbocycles. The highest BCUT2D eigenvalue weighted by Crippen LogP contribution is 2.31. The average molecular weight is 258 g/mol. The van der Waals surface area contributed by atoms with Crippen LogP contribution in [0.25, 0.3) is 5.57 Å². The van der Waals surface area contributed by atoms with Crippen molar-refractivity contribution in [1.29, 1.82) is 0 Å². The van der Waals surface area contributed by atoms with Crippen molar-refractivity contribution in [1.82, 2.24) is 0 Å².